The van der Waals surface area contributed by atoms with Crippen molar-refractivity contribution in [2.24, 2.45) is 0 Å². The zero-order valence-electron chi connectivity index (χ0n) is 15.0. The lowest BCUT2D eigenvalue weighted by Crippen LogP contribution is -2.30. The van der Waals surface area contributed by atoms with Crippen LogP contribution in [-0.4, -0.2) is 59.5 Å². The van der Waals surface area contributed by atoms with Crippen LogP contribution in [0.25, 0.3) is 5.69 Å². The minimum atomic E-state index is -3.64. The topological polar surface area (TPSA) is 114 Å². The summed E-state index contributed by atoms with van der Waals surface area (Å²) in [6, 6.07) is 8.63. The number of aromatic nitrogens is 4. The monoisotopic (exact) mass is 390 g/mol. The van der Waals surface area contributed by atoms with Gasteiger partial charge < -0.3 is 9.42 Å². The number of carbonyl (C=O) groups excluding carboxylic acids is 1. The standard InChI is InChI=1S/C16H18N6O4S/c1-20(2)16(23)15-18-14(19-26-15)11-22(27(3,24)25)13-7-4-6-12(10-13)21-9-5-8-17-21/h4-10H,11H2,1-3H3. The summed E-state index contributed by atoms with van der Waals surface area (Å²) < 4.78 is 32.3. The smallest absolute Gasteiger partial charge is 0.316 e. The van der Waals surface area contributed by atoms with E-state index >= 15 is 0 Å². The molecule has 11 heteroatoms. The Morgan fingerprint density at radius 2 is 2.04 bits per heavy atom. The van der Waals surface area contributed by atoms with E-state index in [0.29, 0.717) is 11.4 Å². The summed E-state index contributed by atoms with van der Waals surface area (Å²) in [5.74, 6) is -0.579. The maximum absolute atomic E-state index is 12.3. The zero-order valence-corrected chi connectivity index (χ0v) is 15.8. The number of anilines is 1. The van der Waals surface area contributed by atoms with E-state index in [0.717, 1.165) is 10.6 Å². The molecule has 3 rings (SSSR count). The van der Waals surface area contributed by atoms with Crippen molar-refractivity contribution in [3.63, 3.8) is 0 Å². The van der Waals surface area contributed by atoms with Crippen LogP contribution in [0.3, 0.4) is 0 Å². The first kappa shape index (κ1) is 18.6. The Hall–Kier alpha value is -3.21. The quantitative estimate of drug-likeness (QED) is 0.615. The Morgan fingerprint density at radius 1 is 1.26 bits per heavy atom. The highest BCUT2D eigenvalue weighted by molar-refractivity contribution is 7.92. The van der Waals surface area contributed by atoms with Gasteiger partial charge in [0, 0.05) is 26.5 Å². The van der Waals surface area contributed by atoms with Crippen LogP contribution in [0, 0.1) is 0 Å². The Morgan fingerprint density at radius 3 is 2.67 bits per heavy atom. The molecular weight excluding hydrogens is 372 g/mol. The molecular formula is C16H18N6O4S. The molecule has 3 aromatic rings. The van der Waals surface area contributed by atoms with E-state index in [2.05, 4.69) is 15.2 Å². The van der Waals surface area contributed by atoms with Crippen molar-refractivity contribution in [3.8, 4) is 5.69 Å². The molecule has 0 aliphatic rings. The number of benzene rings is 1. The van der Waals surface area contributed by atoms with Crippen LogP contribution >= 0.6 is 0 Å². The van der Waals surface area contributed by atoms with Crippen LogP contribution in [0.4, 0.5) is 5.69 Å². The largest absolute Gasteiger partial charge is 0.341 e. The number of nitrogens with zero attached hydrogens (tertiary/aromatic N) is 6. The molecule has 0 saturated carbocycles. The molecule has 0 bridgehead atoms. The summed E-state index contributed by atoms with van der Waals surface area (Å²) in [5, 5.41) is 7.85. The van der Waals surface area contributed by atoms with E-state index in [9.17, 15) is 13.2 Å². The molecule has 1 aromatic carbocycles. The summed E-state index contributed by atoms with van der Waals surface area (Å²) in [6.07, 6.45) is 4.46. The third kappa shape index (κ3) is 4.14. The summed E-state index contributed by atoms with van der Waals surface area (Å²) >= 11 is 0. The first-order valence-electron chi connectivity index (χ1n) is 7.88. The molecule has 2 heterocycles. The van der Waals surface area contributed by atoms with Gasteiger partial charge in [0.25, 0.3) is 0 Å². The summed E-state index contributed by atoms with van der Waals surface area (Å²) in [7, 11) is -0.540. The Labute approximate surface area is 156 Å². The van der Waals surface area contributed by atoms with E-state index in [4.69, 9.17) is 4.52 Å². The normalized spacial score (nSPS) is 11.4. The van der Waals surface area contributed by atoms with Crippen molar-refractivity contribution in [1.29, 1.82) is 0 Å². The second-order valence-corrected chi connectivity index (χ2v) is 7.86. The average molecular weight is 390 g/mol. The van der Waals surface area contributed by atoms with Crippen LogP contribution < -0.4 is 4.31 Å². The predicted octanol–water partition coefficient (Wildman–Crippen LogP) is 0.923. The average Bonchev–Trinajstić information content (AvgIpc) is 3.30. The maximum Gasteiger partial charge on any atom is 0.316 e. The van der Waals surface area contributed by atoms with Gasteiger partial charge in [0.15, 0.2) is 5.82 Å². The van der Waals surface area contributed by atoms with Crippen molar-refractivity contribution in [3.05, 3.63) is 54.4 Å². The lowest BCUT2D eigenvalue weighted by atomic mass is 10.2. The third-order valence-corrected chi connectivity index (χ3v) is 4.77. The van der Waals surface area contributed by atoms with Gasteiger partial charge in [-0.1, -0.05) is 11.2 Å². The van der Waals surface area contributed by atoms with Crippen LogP contribution in [0.2, 0.25) is 0 Å². The van der Waals surface area contributed by atoms with Gasteiger partial charge in [0.2, 0.25) is 10.0 Å². The van der Waals surface area contributed by atoms with Crippen LogP contribution in [-0.2, 0) is 16.6 Å². The Balaban J connectivity index is 1.92. The maximum atomic E-state index is 12.3. The van der Waals surface area contributed by atoms with Crippen molar-refractivity contribution in [2.45, 2.75) is 6.54 Å². The molecule has 0 spiro atoms. The van der Waals surface area contributed by atoms with Gasteiger partial charge in [-0.25, -0.2) is 13.1 Å². The Bertz CT molecular complexity index is 1040. The molecule has 0 saturated heterocycles. The number of sulfonamides is 1. The van der Waals surface area contributed by atoms with Gasteiger partial charge in [0.05, 0.1) is 24.2 Å². The van der Waals surface area contributed by atoms with E-state index < -0.39 is 15.9 Å². The molecule has 0 aliphatic carbocycles. The van der Waals surface area contributed by atoms with E-state index in [1.165, 1.54) is 4.90 Å². The number of hydrogen-bond acceptors (Lipinski definition) is 7. The van der Waals surface area contributed by atoms with Crippen molar-refractivity contribution >= 4 is 21.6 Å². The molecule has 142 valence electrons. The molecule has 0 aliphatic heterocycles. The SMILES string of the molecule is CN(C)C(=O)c1nc(CN(c2cccc(-n3cccn3)c2)S(C)(=O)=O)no1. The summed E-state index contributed by atoms with van der Waals surface area (Å²) in [4.78, 5) is 17.2. The van der Waals surface area contributed by atoms with Crippen LogP contribution in [0.1, 0.15) is 16.5 Å². The van der Waals surface area contributed by atoms with Gasteiger partial charge >= 0.3 is 11.8 Å². The lowest BCUT2D eigenvalue weighted by molar-refractivity contribution is 0.0779. The summed E-state index contributed by atoms with van der Waals surface area (Å²) in [5.41, 5.74) is 1.11. The lowest BCUT2D eigenvalue weighted by Gasteiger charge is -2.21. The van der Waals surface area contributed by atoms with Crippen LogP contribution in [0.15, 0.2) is 47.2 Å². The number of rotatable bonds is 6. The molecule has 0 N–H and O–H groups in total. The molecule has 0 radical (unpaired) electrons. The van der Waals surface area contributed by atoms with Crippen molar-refractivity contribution in [1.82, 2.24) is 24.8 Å². The zero-order chi connectivity index (χ0) is 19.6. The molecule has 2 aromatic heterocycles. The first-order chi connectivity index (χ1) is 12.8. The fraction of sp³-hybridized carbons (Fsp3) is 0.250. The van der Waals surface area contributed by atoms with E-state index in [1.54, 1.807) is 61.5 Å². The highest BCUT2D eigenvalue weighted by Gasteiger charge is 2.23. The van der Waals surface area contributed by atoms with Gasteiger partial charge in [-0.15, -0.1) is 0 Å². The highest BCUT2D eigenvalue weighted by atomic mass is 32.2. The highest BCUT2D eigenvalue weighted by Crippen LogP contribution is 2.22. The minimum absolute atomic E-state index is 0.0788. The molecule has 0 unspecified atom stereocenters. The molecule has 10 nitrogen and oxygen atoms in total. The molecule has 0 atom stereocenters. The fourth-order valence-corrected chi connectivity index (χ4v) is 3.18. The van der Waals surface area contributed by atoms with Crippen molar-refractivity contribution < 1.29 is 17.7 Å². The van der Waals surface area contributed by atoms with Gasteiger partial charge in [-0.2, -0.15) is 10.1 Å². The molecule has 1 amide bonds. The van der Waals surface area contributed by atoms with Crippen LogP contribution in [0.5, 0.6) is 0 Å². The summed E-state index contributed by atoms with van der Waals surface area (Å²) in [6.45, 7) is -0.175. The molecule has 27 heavy (non-hydrogen) atoms. The van der Waals surface area contributed by atoms with Gasteiger partial charge in [-0.05, 0) is 24.3 Å². The predicted molar refractivity (Wildman–Crippen MR) is 96.9 cm³/mol. The fourth-order valence-electron chi connectivity index (χ4n) is 2.34. The number of hydrogen-bond donors (Lipinski definition) is 0. The van der Waals surface area contributed by atoms with E-state index in [1.807, 2.05) is 0 Å². The minimum Gasteiger partial charge on any atom is -0.341 e. The third-order valence-electron chi connectivity index (χ3n) is 3.63. The number of amides is 1. The first-order valence-corrected chi connectivity index (χ1v) is 9.72. The van der Waals surface area contributed by atoms with Crippen molar-refractivity contribution in [2.75, 3.05) is 24.7 Å². The van der Waals surface area contributed by atoms with E-state index in [-0.39, 0.29) is 18.3 Å². The second-order valence-electron chi connectivity index (χ2n) is 5.96. The Kier molecular flexibility index (Phi) is 4.95. The van der Waals surface area contributed by atoms with Gasteiger partial charge in [-0.3, -0.25) is 9.10 Å². The second kappa shape index (κ2) is 7.19. The molecule has 0 fully saturated rings. The number of carbonyl (C=O) groups is 1. The van der Waals surface area contributed by atoms with Gasteiger partial charge in [0.1, 0.15) is 0 Å².